The summed E-state index contributed by atoms with van der Waals surface area (Å²) in [4.78, 5) is 0. The summed E-state index contributed by atoms with van der Waals surface area (Å²) in [7, 11) is 0. The molecule has 0 atom stereocenters. The maximum atomic E-state index is 6.50. The van der Waals surface area contributed by atoms with Crippen LogP contribution in [0, 0.1) is 0 Å². The highest BCUT2D eigenvalue weighted by Gasteiger charge is 2.17. The van der Waals surface area contributed by atoms with Gasteiger partial charge in [0.25, 0.3) is 0 Å². The number of aromatic nitrogens is 1. The van der Waals surface area contributed by atoms with Crippen LogP contribution in [0.5, 0.6) is 0 Å². The number of fused-ring (bicyclic) bond motifs is 1. The van der Waals surface area contributed by atoms with Crippen LogP contribution in [-0.2, 0) is 0 Å². The van der Waals surface area contributed by atoms with Gasteiger partial charge in [0.15, 0.2) is 0 Å². The van der Waals surface area contributed by atoms with Crippen molar-refractivity contribution in [2.75, 3.05) is 5.84 Å². The lowest BCUT2D eigenvalue weighted by atomic mass is 10.0. The Labute approximate surface area is 129 Å². The Morgan fingerprint density at radius 3 is 1.27 bits per heavy atom. The lowest BCUT2D eigenvalue weighted by Gasteiger charge is -2.08. The van der Waals surface area contributed by atoms with Crippen LogP contribution in [0.25, 0.3) is 33.3 Å². The summed E-state index contributed by atoms with van der Waals surface area (Å²) in [6.45, 7) is 0. The van der Waals surface area contributed by atoms with Crippen LogP contribution in [0.1, 0.15) is 0 Å². The Balaban J connectivity index is 2.10. The molecule has 4 rings (SSSR count). The first-order valence-electron chi connectivity index (χ1n) is 7.35. The van der Waals surface area contributed by atoms with Gasteiger partial charge in [-0.3, -0.25) is 4.68 Å². The molecule has 0 radical (unpaired) electrons. The molecule has 22 heavy (non-hydrogen) atoms. The number of hydrogen-bond acceptors (Lipinski definition) is 1. The molecule has 0 aliphatic heterocycles. The number of nitrogens with two attached hydrogens (primary N) is 1. The Bertz CT molecular complexity index is 846. The normalized spacial score (nSPS) is 10.9. The third-order valence-corrected chi connectivity index (χ3v) is 4.01. The fourth-order valence-electron chi connectivity index (χ4n) is 3.05. The van der Waals surface area contributed by atoms with E-state index in [0.717, 1.165) is 22.5 Å². The van der Waals surface area contributed by atoms with Gasteiger partial charge in [0.05, 0.1) is 11.4 Å². The van der Waals surface area contributed by atoms with Crippen molar-refractivity contribution in [1.82, 2.24) is 4.68 Å². The second kappa shape index (κ2) is 5.08. The van der Waals surface area contributed by atoms with Crippen LogP contribution >= 0.6 is 0 Å². The summed E-state index contributed by atoms with van der Waals surface area (Å²) >= 11 is 0. The Morgan fingerprint density at radius 1 is 0.500 bits per heavy atom. The molecule has 2 nitrogen and oxygen atoms in total. The molecule has 0 amide bonds. The van der Waals surface area contributed by atoms with Crippen LogP contribution < -0.4 is 5.84 Å². The highest BCUT2D eigenvalue weighted by atomic mass is 15.3. The van der Waals surface area contributed by atoms with Crippen LogP contribution in [0.15, 0.2) is 84.9 Å². The fraction of sp³-hybridized carbons (Fsp3) is 0. The molecule has 0 saturated carbocycles. The first kappa shape index (κ1) is 12.7. The fourth-order valence-corrected chi connectivity index (χ4v) is 3.05. The first-order valence-corrected chi connectivity index (χ1v) is 7.35. The van der Waals surface area contributed by atoms with E-state index < -0.39 is 0 Å². The largest absolute Gasteiger partial charge is 0.339 e. The van der Waals surface area contributed by atoms with Gasteiger partial charge in [-0.05, 0) is 0 Å². The SMILES string of the molecule is Nn1c(-c2ccccc2)c2ccccc2c1-c1ccccc1. The Kier molecular flexibility index (Phi) is 2.94. The molecule has 0 saturated heterocycles. The maximum Gasteiger partial charge on any atom is 0.0776 e. The van der Waals surface area contributed by atoms with Crippen molar-refractivity contribution in [3.63, 3.8) is 0 Å². The summed E-state index contributed by atoms with van der Waals surface area (Å²) in [5.41, 5.74) is 4.36. The molecule has 4 aromatic rings. The molecule has 1 heterocycles. The van der Waals surface area contributed by atoms with Crippen molar-refractivity contribution in [3.05, 3.63) is 84.9 Å². The molecule has 2 N–H and O–H groups in total. The average molecular weight is 284 g/mol. The maximum absolute atomic E-state index is 6.50. The molecular formula is C20H16N2. The van der Waals surface area contributed by atoms with Gasteiger partial charge >= 0.3 is 0 Å². The molecular weight excluding hydrogens is 268 g/mol. The summed E-state index contributed by atoms with van der Waals surface area (Å²) in [6, 6.07) is 29.0. The second-order valence-electron chi connectivity index (χ2n) is 5.34. The van der Waals surface area contributed by atoms with Gasteiger partial charge in [0, 0.05) is 21.9 Å². The van der Waals surface area contributed by atoms with E-state index in [1.54, 1.807) is 0 Å². The van der Waals surface area contributed by atoms with Crippen molar-refractivity contribution in [2.24, 2.45) is 0 Å². The minimum Gasteiger partial charge on any atom is -0.339 e. The van der Waals surface area contributed by atoms with Gasteiger partial charge in [0.1, 0.15) is 0 Å². The minimum atomic E-state index is 1.05. The van der Waals surface area contributed by atoms with Gasteiger partial charge in [-0.2, -0.15) is 0 Å². The van der Waals surface area contributed by atoms with Gasteiger partial charge in [-0.1, -0.05) is 84.9 Å². The summed E-state index contributed by atoms with van der Waals surface area (Å²) < 4.78 is 1.81. The zero-order valence-corrected chi connectivity index (χ0v) is 12.1. The predicted octanol–water partition coefficient (Wildman–Crippen LogP) is 4.69. The highest BCUT2D eigenvalue weighted by Crippen LogP contribution is 2.37. The quantitative estimate of drug-likeness (QED) is 0.532. The number of rotatable bonds is 2. The highest BCUT2D eigenvalue weighted by molar-refractivity contribution is 6.05. The van der Waals surface area contributed by atoms with E-state index in [1.165, 1.54) is 10.8 Å². The van der Waals surface area contributed by atoms with E-state index in [-0.39, 0.29) is 0 Å². The zero-order valence-electron chi connectivity index (χ0n) is 12.1. The van der Waals surface area contributed by atoms with E-state index in [9.17, 15) is 0 Å². The lowest BCUT2D eigenvalue weighted by Crippen LogP contribution is -2.11. The smallest absolute Gasteiger partial charge is 0.0776 e. The monoisotopic (exact) mass is 284 g/mol. The summed E-state index contributed by atoms with van der Waals surface area (Å²) in [5.74, 6) is 6.50. The first-order chi connectivity index (χ1) is 10.9. The standard InChI is InChI=1S/C20H16N2/c21-22-19(15-9-3-1-4-10-15)17-13-7-8-14-18(17)20(22)16-11-5-2-6-12-16/h1-14H,21H2. The van der Waals surface area contributed by atoms with Gasteiger partial charge in [-0.25, -0.2) is 0 Å². The minimum absolute atomic E-state index is 1.05. The van der Waals surface area contributed by atoms with E-state index in [2.05, 4.69) is 48.5 Å². The molecule has 106 valence electrons. The van der Waals surface area contributed by atoms with Crippen molar-refractivity contribution >= 4 is 10.8 Å². The molecule has 0 bridgehead atoms. The van der Waals surface area contributed by atoms with Crippen molar-refractivity contribution in [2.45, 2.75) is 0 Å². The van der Waals surface area contributed by atoms with Crippen molar-refractivity contribution in [3.8, 4) is 22.5 Å². The second-order valence-corrected chi connectivity index (χ2v) is 5.34. The molecule has 0 aliphatic carbocycles. The summed E-state index contributed by atoms with van der Waals surface area (Å²) in [5, 5.41) is 2.35. The topological polar surface area (TPSA) is 30.9 Å². The van der Waals surface area contributed by atoms with Gasteiger partial charge in [0.2, 0.25) is 0 Å². The Hall–Kier alpha value is -3.00. The number of nitrogens with zero attached hydrogens (tertiary/aromatic N) is 1. The Morgan fingerprint density at radius 2 is 0.864 bits per heavy atom. The van der Waals surface area contributed by atoms with Crippen molar-refractivity contribution < 1.29 is 0 Å². The van der Waals surface area contributed by atoms with E-state index >= 15 is 0 Å². The number of benzene rings is 3. The molecule has 0 fully saturated rings. The van der Waals surface area contributed by atoms with Crippen LogP contribution in [0.2, 0.25) is 0 Å². The molecule has 1 aromatic heterocycles. The molecule has 3 aromatic carbocycles. The molecule has 0 unspecified atom stereocenters. The molecule has 2 heteroatoms. The zero-order chi connectivity index (χ0) is 14.9. The van der Waals surface area contributed by atoms with Crippen LogP contribution in [0.4, 0.5) is 0 Å². The number of hydrogen-bond donors (Lipinski definition) is 1. The van der Waals surface area contributed by atoms with Crippen LogP contribution in [0.3, 0.4) is 0 Å². The van der Waals surface area contributed by atoms with E-state index in [0.29, 0.717) is 0 Å². The van der Waals surface area contributed by atoms with Crippen LogP contribution in [-0.4, -0.2) is 4.68 Å². The third-order valence-electron chi connectivity index (χ3n) is 4.01. The van der Waals surface area contributed by atoms with Gasteiger partial charge in [-0.15, -0.1) is 0 Å². The predicted molar refractivity (Wildman–Crippen MR) is 93.0 cm³/mol. The van der Waals surface area contributed by atoms with Crippen molar-refractivity contribution in [1.29, 1.82) is 0 Å². The average Bonchev–Trinajstić information content (AvgIpc) is 2.88. The van der Waals surface area contributed by atoms with E-state index in [1.807, 2.05) is 41.1 Å². The molecule has 0 aliphatic rings. The third kappa shape index (κ3) is 1.89. The van der Waals surface area contributed by atoms with Gasteiger partial charge < -0.3 is 5.84 Å². The lowest BCUT2D eigenvalue weighted by molar-refractivity contribution is 1.04. The summed E-state index contributed by atoms with van der Waals surface area (Å²) in [6.07, 6.45) is 0. The molecule has 0 spiro atoms. The number of nitrogen functional groups attached to an aromatic ring is 1. The van der Waals surface area contributed by atoms with E-state index in [4.69, 9.17) is 5.84 Å².